The minimum Gasteiger partial charge on any atom is -0.453 e. The van der Waals surface area contributed by atoms with E-state index >= 15 is 0 Å². The second-order valence-electron chi connectivity index (χ2n) is 12.1. The summed E-state index contributed by atoms with van der Waals surface area (Å²) in [7, 11) is -5.00. The maximum Gasteiger partial charge on any atom is 0.162 e. The number of benzene rings is 2. The molecule has 2 aromatic rings. The summed E-state index contributed by atoms with van der Waals surface area (Å²) in [6, 6.07) is 13.6. The molecule has 0 spiro atoms. The number of fused-ring (bicyclic) bond motifs is 2. The van der Waals surface area contributed by atoms with Gasteiger partial charge in [0.05, 0.1) is 27.5 Å². The minimum absolute atomic E-state index is 0.225. The molecule has 5 heteroatoms. The molecule has 0 saturated heterocycles. The van der Waals surface area contributed by atoms with Crippen LogP contribution in [0.4, 0.5) is 11.4 Å². The van der Waals surface area contributed by atoms with E-state index in [2.05, 4.69) is 114 Å². The Labute approximate surface area is 181 Å². The van der Waals surface area contributed by atoms with Gasteiger partial charge in [-0.25, -0.2) is 0 Å². The average molecular weight is 442 g/mol. The van der Waals surface area contributed by atoms with Gasteiger partial charge in [-0.15, -0.1) is 0 Å². The summed E-state index contributed by atoms with van der Waals surface area (Å²) < 4.78 is 9.58. The van der Waals surface area contributed by atoms with E-state index in [1.165, 1.54) is 21.7 Å². The fraction of sp³-hybridized carbons (Fsp3) is 0.500. The van der Waals surface area contributed by atoms with Gasteiger partial charge in [-0.3, -0.25) is 0 Å². The van der Waals surface area contributed by atoms with Crippen molar-refractivity contribution in [3.8, 4) is 11.5 Å². The average Bonchev–Trinajstić information content (AvgIpc) is 2.55. The van der Waals surface area contributed by atoms with Crippen LogP contribution >= 0.6 is 0 Å². The second kappa shape index (κ2) is 6.86. The monoisotopic (exact) mass is 441 g/mol. The Balaban J connectivity index is 2.40. The van der Waals surface area contributed by atoms with Crippen molar-refractivity contribution < 1.29 is 4.74 Å². The molecule has 1 aliphatic rings. The van der Waals surface area contributed by atoms with Crippen LogP contribution in [0.2, 0.25) is 57.4 Å². The number of nitrogens with zero attached hydrogens (tertiary/aromatic N) is 1. The van der Waals surface area contributed by atoms with Crippen molar-refractivity contribution in [2.45, 2.75) is 78.2 Å². The third-order valence-corrected chi connectivity index (χ3v) is 16.0. The molecule has 3 rings (SSSR count). The van der Waals surface area contributed by atoms with Crippen molar-refractivity contribution in [3.63, 3.8) is 0 Å². The first-order valence-corrected chi connectivity index (χ1v) is 20.8. The highest BCUT2D eigenvalue weighted by molar-refractivity contribution is 6.91. The van der Waals surface area contributed by atoms with E-state index in [9.17, 15) is 0 Å². The number of hydrogen-bond donors (Lipinski definition) is 0. The van der Waals surface area contributed by atoms with Crippen LogP contribution in [0.15, 0.2) is 36.4 Å². The Kier molecular flexibility index (Phi) is 5.29. The molecule has 2 nitrogen and oxygen atoms in total. The van der Waals surface area contributed by atoms with E-state index in [4.69, 9.17) is 4.74 Å². The first-order valence-electron chi connectivity index (χ1n) is 10.8. The third kappa shape index (κ3) is 3.77. The molecule has 0 saturated carbocycles. The molecular formula is C24H39NOSi3. The van der Waals surface area contributed by atoms with E-state index < -0.39 is 24.4 Å². The van der Waals surface area contributed by atoms with Crippen molar-refractivity contribution in [2.75, 3.05) is 4.57 Å². The van der Waals surface area contributed by atoms with Crippen molar-refractivity contribution in [1.29, 1.82) is 0 Å². The molecular weight excluding hydrogens is 403 g/mol. The SMILES string of the molecule is CC(C)(C)[Si](C)(C)N1c2cccc([Si](C)(C)C)c2Oc2c1cccc2[Si](C)(C)C. The summed E-state index contributed by atoms with van der Waals surface area (Å²) in [5.41, 5.74) is 2.55. The zero-order valence-corrected chi connectivity index (χ0v) is 23.3. The van der Waals surface area contributed by atoms with E-state index in [-0.39, 0.29) is 5.04 Å². The molecule has 0 amide bonds. The Morgan fingerprint density at radius 3 is 1.34 bits per heavy atom. The molecule has 0 N–H and O–H groups in total. The fourth-order valence-corrected chi connectivity index (χ4v) is 9.11. The van der Waals surface area contributed by atoms with Gasteiger partial charge in [-0.1, -0.05) is 97.4 Å². The second-order valence-corrected chi connectivity index (χ2v) is 27.2. The topological polar surface area (TPSA) is 12.5 Å². The predicted molar refractivity (Wildman–Crippen MR) is 138 cm³/mol. The minimum atomic E-state index is -1.89. The van der Waals surface area contributed by atoms with Crippen LogP contribution in [0.25, 0.3) is 0 Å². The highest BCUT2D eigenvalue weighted by atomic mass is 28.3. The maximum absolute atomic E-state index is 6.88. The van der Waals surface area contributed by atoms with Crippen LogP contribution in [-0.4, -0.2) is 24.4 Å². The van der Waals surface area contributed by atoms with Gasteiger partial charge < -0.3 is 9.30 Å². The van der Waals surface area contributed by atoms with Gasteiger partial charge in [0.15, 0.2) is 8.24 Å². The third-order valence-electron chi connectivity index (χ3n) is 6.68. The number of ether oxygens (including phenoxy) is 1. The van der Waals surface area contributed by atoms with Gasteiger partial charge in [0.25, 0.3) is 0 Å². The van der Waals surface area contributed by atoms with Crippen LogP contribution in [0.5, 0.6) is 11.5 Å². The van der Waals surface area contributed by atoms with Crippen LogP contribution in [-0.2, 0) is 0 Å². The van der Waals surface area contributed by atoms with Crippen molar-refractivity contribution in [1.82, 2.24) is 0 Å². The van der Waals surface area contributed by atoms with Gasteiger partial charge >= 0.3 is 0 Å². The van der Waals surface area contributed by atoms with Crippen LogP contribution in [0.3, 0.4) is 0 Å². The Morgan fingerprint density at radius 2 is 1.03 bits per heavy atom. The summed E-state index contributed by atoms with van der Waals surface area (Å²) in [6.07, 6.45) is 0. The van der Waals surface area contributed by atoms with Gasteiger partial charge in [-0.05, 0) is 27.5 Å². The molecule has 0 aromatic heterocycles. The Morgan fingerprint density at radius 1 is 0.655 bits per heavy atom. The number of para-hydroxylation sites is 2. The first kappa shape index (κ1) is 22.4. The molecule has 0 fully saturated rings. The molecule has 0 bridgehead atoms. The maximum atomic E-state index is 6.88. The Bertz CT molecular complexity index is 867. The number of anilines is 2. The molecule has 158 valence electrons. The lowest BCUT2D eigenvalue weighted by atomic mass is 10.2. The lowest BCUT2D eigenvalue weighted by molar-refractivity contribution is 0.484. The molecule has 0 atom stereocenters. The van der Waals surface area contributed by atoms with Crippen LogP contribution in [0.1, 0.15) is 20.8 Å². The van der Waals surface area contributed by atoms with Gasteiger partial charge in [0, 0.05) is 0 Å². The zero-order chi connectivity index (χ0) is 22.0. The smallest absolute Gasteiger partial charge is 0.162 e. The normalized spacial score (nSPS) is 14.9. The molecule has 29 heavy (non-hydrogen) atoms. The standard InChI is InChI=1S/C24H39NOSi3/c1-24(2,3)29(10,11)25-18-14-12-16-20(27(4,5)6)22(18)26-23-19(25)15-13-17-21(23)28(7,8)9/h12-17H,1-11H3. The first-order chi connectivity index (χ1) is 13.1. The zero-order valence-electron chi connectivity index (χ0n) is 20.3. The highest BCUT2D eigenvalue weighted by Gasteiger charge is 2.47. The predicted octanol–water partition coefficient (Wildman–Crippen LogP) is 7.03. The lowest BCUT2D eigenvalue weighted by Gasteiger charge is -2.50. The molecule has 1 heterocycles. The molecule has 0 radical (unpaired) electrons. The molecule has 0 aliphatic carbocycles. The summed E-state index contributed by atoms with van der Waals surface area (Å²) >= 11 is 0. The van der Waals surface area contributed by atoms with Gasteiger partial charge in [0.2, 0.25) is 0 Å². The van der Waals surface area contributed by atoms with Gasteiger partial charge in [-0.2, -0.15) is 0 Å². The summed E-state index contributed by atoms with van der Waals surface area (Å²) in [5, 5.41) is 3.08. The fourth-order valence-electron chi connectivity index (χ4n) is 3.97. The molecule has 1 aliphatic heterocycles. The van der Waals surface area contributed by atoms with E-state index in [0.717, 1.165) is 11.5 Å². The summed E-state index contributed by atoms with van der Waals surface area (Å²) in [6.45, 7) is 26.7. The summed E-state index contributed by atoms with van der Waals surface area (Å²) in [5.74, 6) is 2.24. The van der Waals surface area contributed by atoms with Crippen molar-refractivity contribution in [3.05, 3.63) is 36.4 Å². The van der Waals surface area contributed by atoms with Crippen LogP contribution in [0, 0.1) is 0 Å². The number of hydrogen-bond acceptors (Lipinski definition) is 2. The summed E-state index contributed by atoms with van der Waals surface area (Å²) in [4.78, 5) is 0. The highest BCUT2D eigenvalue weighted by Crippen LogP contribution is 2.53. The van der Waals surface area contributed by atoms with Crippen LogP contribution < -0.4 is 19.7 Å². The van der Waals surface area contributed by atoms with Gasteiger partial charge in [0.1, 0.15) is 11.5 Å². The quantitative estimate of drug-likeness (QED) is 0.474. The van der Waals surface area contributed by atoms with E-state index in [1.807, 2.05) is 0 Å². The van der Waals surface area contributed by atoms with Crippen molar-refractivity contribution in [2.24, 2.45) is 0 Å². The Hall–Kier alpha value is -1.31. The lowest BCUT2D eigenvalue weighted by Crippen LogP contribution is -2.55. The van der Waals surface area contributed by atoms with E-state index in [0.29, 0.717) is 0 Å². The van der Waals surface area contributed by atoms with Crippen molar-refractivity contribution >= 4 is 46.1 Å². The number of rotatable bonds is 3. The van der Waals surface area contributed by atoms with E-state index in [1.54, 1.807) is 0 Å². The largest absolute Gasteiger partial charge is 0.453 e. The molecule has 0 unspecified atom stereocenters. The molecule has 2 aromatic carbocycles.